The highest BCUT2D eigenvalue weighted by Gasteiger charge is 2.37. The smallest absolute Gasteiger partial charge is 0.294 e. The molecule has 8 nitrogen and oxygen atoms in total. The molecule has 2 rings (SSSR count). The lowest BCUT2D eigenvalue weighted by Crippen LogP contribution is -2.36. The molecule has 0 saturated carbocycles. The Bertz CT molecular complexity index is 783. The number of nitro groups is 1. The standard InChI is InChI=1S/C15H15N3O5S/c1-8(2)13-14(20)17(15(21)24-13)7-12(19)16-10-5-4-9(3)6-11(10)18(22)23/h4-6H,7H2,1-3H3,(H,16,19). The number of anilines is 1. The molecular weight excluding hydrogens is 334 g/mol. The van der Waals surface area contributed by atoms with E-state index in [1.165, 1.54) is 12.1 Å². The molecule has 1 aromatic carbocycles. The van der Waals surface area contributed by atoms with Crippen LogP contribution in [0.5, 0.6) is 0 Å². The first-order chi connectivity index (χ1) is 11.2. The van der Waals surface area contributed by atoms with Gasteiger partial charge in [-0.05, 0) is 44.2 Å². The van der Waals surface area contributed by atoms with Crippen LogP contribution in [0.15, 0.2) is 28.7 Å². The molecule has 0 spiro atoms. The highest BCUT2D eigenvalue weighted by molar-refractivity contribution is 8.18. The van der Waals surface area contributed by atoms with Crippen molar-refractivity contribution in [3.63, 3.8) is 0 Å². The zero-order valence-corrected chi connectivity index (χ0v) is 14.1. The average molecular weight is 349 g/mol. The topological polar surface area (TPSA) is 110 Å². The molecule has 3 amide bonds. The van der Waals surface area contributed by atoms with Gasteiger partial charge in [-0.2, -0.15) is 0 Å². The third kappa shape index (κ3) is 3.62. The number of nitrogens with zero attached hydrogens (tertiary/aromatic N) is 2. The normalized spacial score (nSPS) is 14.1. The average Bonchev–Trinajstić information content (AvgIpc) is 2.77. The van der Waals surface area contributed by atoms with Crippen LogP contribution in [-0.2, 0) is 9.59 Å². The lowest BCUT2D eigenvalue weighted by atomic mass is 10.2. The van der Waals surface area contributed by atoms with Crippen molar-refractivity contribution in [2.45, 2.75) is 20.8 Å². The van der Waals surface area contributed by atoms with Gasteiger partial charge in [-0.3, -0.25) is 29.4 Å². The molecule has 1 fully saturated rings. The maximum Gasteiger partial charge on any atom is 0.294 e. The number of carbonyl (C=O) groups excluding carboxylic acids is 3. The van der Waals surface area contributed by atoms with Gasteiger partial charge in [0.2, 0.25) is 5.91 Å². The van der Waals surface area contributed by atoms with E-state index in [1.54, 1.807) is 26.8 Å². The first-order valence-corrected chi connectivity index (χ1v) is 7.78. The highest BCUT2D eigenvalue weighted by Crippen LogP contribution is 2.32. The molecule has 24 heavy (non-hydrogen) atoms. The molecule has 0 unspecified atom stereocenters. The number of carbonyl (C=O) groups is 3. The second-order valence-electron chi connectivity index (χ2n) is 5.41. The first kappa shape index (κ1) is 17.7. The van der Waals surface area contributed by atoms with Gasteiger partial charge in [0.05, 0.1) is 9.83 Å². The van der Waals surface area contributed by atoms with Crippen molar-refractivity contribution in [2.75, 3.05) is 11.9 Å². The molecule has 1 saturated heterocycles. The van der Waals surface area contributed by atoms with Crippen molar-refractivity contribution >= 4 is 40.2 Å². The number of aryl methyl sites for hydroxylation is 1. The molecule has 1 heterocycles. The van der Waals surface area contributed by atoms with Crippen molar-refractivity contribution < 1.29 is 19.3 Å². The largest absolute Gasteiger partial charge is 0.319 e. The van der Waals surface area contributed by atoms with Gasteiger partial charge in [0.1, 0.15) is 12.2 Å². The number of allylic oxidation sites excluding steroid dienone is 1. The van der Waals surface area contributed by atoms with Gasteiger partial charge in [-0.25, -0.2) is 0 Å². The van der Waals surface area contributed by atoms with Gasteiger partial charge in [-0.15, -0.1) is 0 Å². The van der Waals surface area contributed by atoms with E-state index >= 15 is 0 Å². The Hall–Kier alpha value is -2.68. The van der Waals surface area contributed by atoms with E-state index in [1.807, 2.05) is 0 Å². The number of thioether (sulfide) groups is 1. The number of amides is 3. The third-order valence-corrected chi connectivity index (χ3v) is 4.41. The van der Waals surface area contributed by atoms with E-state index in [9.17, 15) is 24.5 Å². The van der Waals surface area contributed by atoms with Gasteiger partial charge >= 0.3 is 0 Å². The molecule has 126 valence electrons. The summed E-state index contributed by atoms with van der Waals surface area (Å²) >= 11 is 0.777. The summed E-state index contributed by atoms with van der Waals surface area (Å²) in [5.74, 6) is -1.21. The Morgan fingerprint density at radius 1 is 1.33 bits per heavy atom. The molecule has 1 N–H and O–H groups in total. The first-order valence-electron chi connectivity index (χ1n) is 6.96. The van der Waals surface area contributed by atoms with Crippen LogP contribution in [-0.4, -0.2) is 33.4 Å². The highest BCUT2D eigenvalue weighted by atomic mass is 32.2. The van der Waals surface area contributed by atoms with Gasteiger partial charge in [0, 0.05) is 6.07 Å². The van der Waals surface area contributed by atoms with E-state index in [-0.39, 0.29) is 11.4 Å². The fraction of sp³-hybridized carbons (Fsp3) is 0.267. The minimum atomic E-state index is -0.681. The summed E-state index contributed by atoms with van der Waals surface area (Å²) in [7, 11) is 0. The number of benzene rings is 1. The van der Waals surface area contributed by atoms with E-state index in [0.29, 0.717) is 16.0 Å². The zero-order valence-electron chi connectivity index (χ0n) is 13.3. The molecule has 0 radical (unpaired) electrons. The number of nitrogens with one attached hydrogen (secondary N) is 1. The van der Waals surface area contributed by atoms with E-state index < -0.39 is 28.5 Å². The minimum Gasteiger partial charge on any atom is -0.319 e. The van der Waals surface area contributed by atoms with Crippen LogP contribution < -0.4 is 5.32 Å². The maximum atomic E-state index is 12.1. The Morgan fingerprint density at radius 2 is 2.00 bits per heavy atom. The summed E-state index contributed by atoms with van der Waals surface area (Å²) in [4.78, 5) is 47.6. The molecule has 0 aromatic heterocycles. The van der Waals surface area contributed by atoms with Gasteiger partial charge in [0.15, 0.2) is 0 Å². The summed E-state index contributed by atoms with van der Waals surface area (Å²) < 4.78 is 0. The molecule has 1 aliphatic rings. The number of rotatable bonds is 4. The van der Waals surface area contributed by atoms with Crippen LogP contribution >= 0.6 is 11.8 Å². The van der Waals surface area contributed by atoms with Crippen molar-refractivity contribution in [1.29, 1.82) is 0 Å². The fourth-order valence-electron chi connectivity index (χ4n) is 2.08. The summed E-state index contributed by atoms with van der Waals surface area (Å²) in [6.45, 7) is 4.60. The Morgan fingerprint density at radius 3 is 2.54 bits per heavy atom. The van der Waals surface area contributed by atoms with Crippen molar-refractivity contribution in [3.8, 4) is 0 Å². The predicted molar refractivity (Wildman–Crippen MR) is 89.5 cm³/mol. The second-order valence-corrected chi connectivity index (χ2v) is 6.38. The van der Waals surface area contributed by atoms with Gasteiger partial charge in [0.25, 0.3) is 16.8 Å². The lowest BCUT2D eigenvalue weighted by Gasteiger charge is -2.12. The van der Waals surface area contributed by atoms with Gasteiger partial charge in [-0.1, -0.05) is 11.6 Å². The molecular formula is C15H15N3O5S. The summed E-state index contributed by atoms with van der Waals surface area (Å²) in [5, 5.41) is 12.9. The molecule has 0 atom stereocenters. The lowest BCUT2D eigenvalue weighted by molar-refractivity contribution is -0.384. The quantitative estimate of drug-likeness (QED) is 0.508. The van der Waals surface area contributed by atoms with E-state index in [4.69, 9.17) is 0 Å². The van der Waals surface area contributed by atoms with E-state index in [2.05, 4.69) is 5.32 Å². The maximum absolute atomic E-state index is 12.1. The van der Waals surface area contributed by atoms with Crippen LogP contribution in [0.3, 0.4) is 0 Å². The van der Waals surface area contributed by atoms with Crippen LogP contribution in [0.4, 0.5) is 16.2 Å². The molecule has 0 aliphatic carbocycles. The fourth-order valence-corrected chi connectivity index (χ4v) is 2.91. The van der Waals surface area contributed by atoms with Crippen LogP contribution in [0.2, 0.25) is 0 Å². The third-order valence-electron chi connectivity index (χ3n) is 3.23. The summed E-state index contributed by atoms with van der Waals surface area (Å²) in [5.41, 5.74) is 1.14. The number of hydrogen-bond donors (Lipinski definition) is 1. The van der Waals surface area contributed by atoms with Crippen LogP contribution in [0.25, 0.3) is 0 Å². The minimum absolute atomic E-state index is 0.0183. The number of nitro benzene ring substituents is 1. The Labute approximate surface area is 142 Å². The molecule has 0 bridgehead atoms. The molecule has 1 aliphatic heterocycles. The Balaban J connectivity index is 2.15. The van der Waals surface area contributed by atoms with Crippen molar-refractivity contribution in [2.24, 2.45) is 0 Å². The summed E-state index contributed by atoms with van der Waals surface area (Å²) in [6.07, 6.45) is 0. The predicted octanol–water partition coefficient (Wildman–Crippen LogP) is 2.83. The number of imide groups is 1. The molecule has 1 aromatic rings. The monoisotopic (exact) mass is 349 g/mol. The Kier molecular flexibility index (Phi) is 5.03. The zero-order chi connectivity index (χ0) is 18.0. The van der Waals surface area contributed by atoms with Crippen LogP contribution in [0, 0.1) is 17.0 Å². The second kappa shape index (κ2) is 6.83. The summed E-state index contributed by atoms with van der Waals surface area (Å²) in [6, 6.07) is 4.36. The van der Waals surface area contributed by atoms with Crippen molar-refractivity contribution in [3.05, 3.63) is 44.4 Å². The number of hydrogen-bond acceptors (Lipinski definition) is 6. The van der Waals surface area contributed by atoms with Gasteiger partial charge < -0.3 is 5.32 Å². The van der Waals surface area contributed by atoms with Crippen molar-refractivity contribution in [1.82, 2.24) is 4.90 Å². The molecule has 9 heteroatoms. The van der Waals surface area contributed by atoms with E-state index in [0.717, 1.165) is 16.7 Å². The SMILES string of the molecule is CC(C)=C1SC(=O)N(CC(=O)Nc2ccc(C)cc2[N+](=O)[O-])C1=O. The van der Waals surface area contributed by atoms with Crippen LogP contribution in [0.1, 0.15) is 19.4 Å².